The smallest absolute Gasteiger partial charge is 0.341 e. The Labute approximate surface area is 98.1 Å². The highest BCUT2D eigenvalue weighted by molar-refractivity contribution is 7.54. The van der Waals surface area contributed by atoms with Gasteiger partial charge in [-0.25, -0.2) is 0 Å². The lowest BCUT2D eigenvalue weighted by atomic mass is 9.99. The molecule has 0 radical (unpaired) electrons. The first-order valence-electron chi connectivity index (χ1n) is 4.29. The van der Waals surface area contributed by atoms with Gasteiger partial charge in [-0.15, -0.1) is 23.2 Å². The summed E-state index contributed by atoms with van der Waals surface area (Å²) in [6.45, 7) is 0. The van der Waals surface area contributed by atoms with Crippen LogP contribution in [0, 0.1) is 0 Å². The lowest BCUT2D eigenvalue weighted by Gasteiger charge is -2.30. The van der Waals surface area contributed by atoms with Crippen LogP contribution in [0.4, 0.5) is 0 Å². The quantitative estimate of drug-likeness (QED) is 0.478. The molecule has 0 aliphatic rings. The van der Waals surface area contributed by atoms with Gasteiger partial charge >= 0.3 is 7.60 Å². The van der Waals surface area contributed by atoms with E-state index in [1.54, 1.807) is 0 Å². The molecule has 0 fully saturated rings. The standard InChI is InChI=1S/C7H14Cl2NO4P/c8-4-1-2-7(3-5-9,6(10)11)15(12,13)14/h1-5H2,(H2,10,11)(H2,12,13,14). The summed E-state index contributed by atoms with van der Waals surface area (Å²) in [4.78, 5) is 29.5. The van der Waals surface area contributed by atoms with E-state index in [1.165, 1.54) is 0 Å². The van der Waals surface area contributed by atoms with Crippen LogP contribution in [0.2, 0.25) is 0 Å². The number of primary amides is 1. The van der Waals surface area contributed by atoms with Gasteiger partial charge in [0.1, 0.15) is 0 Å². The fourth-order valence-corrected chi connectivity index (χ4v) is 3.05. The van der Waals surface area contributed by atoms with Gasteiger partial charge in [-0.05, 0) is 19.3 Å². The van der Waals surface area contributed by atoms with Gasteiger partial charge in [0.25, 0.3) is 0 Å². The largest absolute Gasteiger partial charge is 0.369 e. The zero-order chi connectivity index (χ0) is 12.1. The number of nitrogens with two attached hydrogens (primary N) is 1. The Morgan fingerprint density at radius 3 is 2.07 bits per heavy atom. The predicted molar refractivity (Wildman–Crippen MR) is 59.3 cm³/mol. The molecule has 0 aliphatic heterocycles. The maximum atomic E-state index is 11.3. The van der Waals surface area contributed by atoms with Gasteiger partial charge in [-0.1, -0.05) is 0 Å². The number of alkyl halides is 2. The predicted octanol–water partition coefficient (Wildman–Crippen LogP) is 1.04. The van der Waals surface area contributed by atoms with E-state index in [0.29, 0.717) is 6.42 Å². The van der Waals surface area contributed by atoms with Crippen LogP contribution in [-0.2, 0) is 9.36 Å². The van der Waals surface area contributed by atoms with Crippen molar-refractivity contribution >= 4 is 36.7 Å². The highest BCUT2D eigenvalue weighted by Gasteiger charge is 2.50. The average molecular weight is 278 g/mol. The number of carbonyl (C=O) groups excluding carboxylic acids is 1. The Bertz CT molecular complexity index is 270. The summed E-state index contributed by atoms with van der Waals surface area (Å²) in [5, 5.41) is -1.87. The van der Waals surface area contributed by atoms with Crippen molar-refractivity contribution in [3.63, 3.8) is 0 Å². The van der Waals surface area contributed by atoms with Crippen molar-refractivity contribution in [2.45, 2.75) is 24.4 Å². The first kappa shape index (κ1) is 15.2. The molecule has 0 aromatic rings. The number of amides is 1. The molecule has 0 aromatic heterocycles. The van der Waals surface area contributed by atoms with E-state index in [4.69, 9.17) is 38.7 Å². The Morgan fingerprint density at radius 1 is 1.27 bits per heavy atom. The zero-order valence-electron chi connectivity index (χ0n) is 8.03. The lowest BCUT2D eigenvalue weighted by molar-refractivity contribution is -0.121. The van der Waals surface area contributed by atoms with Crippen molar-refractivity contribution in [3.8, 4) is 0 Å². The molecular weight excluding hydrogens is 264 g/mol. The molecule has 0 bridgehead atoms. The van der Waals surface area contributed by atoms with Gasteiger partial charge in [0.2, 0.25) is 5.91 Å². The summed E-state index contributed by atoms with van der Waals surface area (Å²) in [5.41, 5.74) is 5.05. The van der Waals surface area contributed by atoms with Gasteiger partial charge in [-0.2, -0.15) is 0 Å². The van der Waals surface area contributed by atoms with Gasteiger partial charge in [0.15, 0.2) is 5.16 Å². The molecule has 15 heavy (non-hydrogen) atoms. The van der Waals surface area contributed by atoms with E-state index in [1.807, 2.05) is 0 Å². The van der Waals surface area contributed by atoms with E-state index >= 15 is 0 Å². The molecule has 0 heterocycles. The minimum atomic E-state index is -4.63. The van der Waals surface area contributed by atoms with Crippen molar-refractivity contribution in [1.29, 1.82) is 0 Å². The van der Waals surface area contributed by atoms with Crippen LogP contribution < -0.4 is 5.73 Å². The van der Waals surface area contributed by atoms with Crippen LogP contribution in [0.5, 0.6) is 0 Å². The van der Waals surface area contributed by atoms with Crippen LogP contribution in [-0.4, -0.2) is 32.6 Å². The number of halogens is 2. The van der Waals surface area contributed by atoms with E-state index < -0.39 is 18.7 Å². The van der Waals surface area contributed by atoms with Crippen LogP contribution in [0.1, 0.15) is 19.3 Å². The van der Waals surface area contributed by atoms with E-state index in [9.17, 15) is 9.36 Å². The SMILES string of the molecule is NC(=O)C(CCCl)(CCCCl)P(=O)(O)O. The molecule has 1 unspecified atom stereocenters. The lowest BCUT2D eigenvalue weighted by Crippen LogP contribution is -2.44. The van der Waals surface area contributed by atoms with Gasteiger partial charge in [0, 0.05) is 11.8 Å². The highest BCUT2D eigenvalue weighted by atomic mass is 35.5. The van der Waals surface area contributed by atoms with Gasteiger partial charge < -0.3 is 15.5 Å². The summed E-state index contributed by atoms with van der Waals surface area (Å²) in [7, 11) is -4.63. The summed E-state index contributed by atoms with van der Waals surface area (Å²) in [6.07, 6.45) is 0.0976. The maximum absolute atomic E-state index is 11.3. The molecule has 4 N–H and O–H groups in total. The Balaban J connectivity index is 5.08. The number of hydrogen-bond acceptors (Lipinski definition) is 2. The van der Waals surface area contributed by atoms with Gasteiger partial charge in [-0.3, -0.25) is 9.36 Å². The van der Waals surface area contributed by atoms with E-state index in [0.717, 1.165) is 0 Å². The van der Waals surface area contributed by atoms with Gasteiger partial charge in [0.05, 0.1) is 0 Å². The number of carbonyl (C=O) groups is 1. The fraction of sp³-hybridized carbons (Fsp3) is 0.857. The minimum absolute atomic E-state index is 0.0453. The normalized spacial score (nSPS) is 16.0. The fourth-order valence-electron chi connectivity index (χ4n) is 1.32. The van der Waals surface area contributed by atoms with E-state index in [-0.39, 0.29) is 24.6 Å². The molecule has 0 aliphatic carbocycles. The molecule has 0 rings (SSSR count). The van der Waals surface area contributed by atoms with Crippen LogP contribution in [0.15, 0.2) is 0 Å². The van der Waals surface area contributed by atoms with Crippen molar-refractivity contribution in [3.05, 3.63) is 0 Å². The minimum Gasteiger partial charge on any atom is -0.369 e. The van der Waals surface area contributed by atoms with Crippen LogP contribution in [0.3, 0.4) is 0 Å². The first-order valence-corrected chi connectivity index (χ1v) is 6.97. The third-order valence-electron chi connectivity index (χ3n) is 2.25. The first-order chi connectivity index (χ1) is 6.81. The highest BCUT2D eigenvalue weighted by Crippen LogP contribution is 2.55. The zero-order valence-corrected chi connectivity index (χ0v) is 10.4. The Hall–Kier alpha value is 0.200. The maximum Gasteiger partial charge on any atom is 0.341 e. The monoisotopic (exact) mass is 277 g/mol. The molecule has 90 valence electrons. The third-order valence-corrected chi connectivity index (χ3v) is 4.49. The van der Waals surface area contributed by atoms with Crippen molar-refractivity contribution in [2.75, 3.05) is 11.8 Å². The second-order valence-corrected chi connectivity index (χ2v) is 5.87. The molecule has 5 nitrogen and oxygen atoms in total. The Kier molecular flexibility index (Phi) is 6.14. The summed E-state index contributed by atoms with van der Waals surface area (Å²) in [6, 6.07) is 0. The second kappa shape index (κ2) is 6.06. The van der Waals surface area contributed by atoms with Crippen molar-refractivity contribution in [2.24, 2.45) is 5.73 Å². The molecule has 1 amide bonds. The molecule has 8 heteroatoms. The Morgan fingerprint density at radius 2 is 1.80 bits per heavy atom. The number of hydrogen-bond donors (Lipinski definition) is 3. The third kappa shape index (κ3) is 3.61. The van der Waals surface area contributed by atoms with Crippen molar-refractivity contribution in [1.82, 2.24) is 0 Å². The molecule has 0 saturated carbocycles. The topological polar surface area (TPSA) is 101 Å². The molecule has 0 spiro atoms. The van der Waals surface area contributed by atoms with E-state index in [2.05, 4.69) is 0 Å². The average Bonchev–Trinajstić information content (AvgIpc) is 2.09. The molecule has 1 atom stereocenters. The summed E-state index contributed by atoms with van der Waals surface area (Å²) in [5.74, 6) is -0.866. The molecule has 0 saturated heterocycles. The molecular formula is C7H14Cl2NO4P. The number of rotatable bonds is 7. The summed E-state index contributed by atoms with van der Waals surface area (Å²) >= 11 is 10.9. The van der Waals surface area contributed by atoms with Crippen molar-refractivity contribution < 1.29 is 19.1 Å². The summed E-state index contributed by atoms with van der Waals surface area (Å²) < 4.78 is 11.3. The molecule has 0 aromatic carbocycles. The van der Waals surface area contributed by atoms with Crippen LogP contribution >= 0.6 is 30.8 Å². The second-order valence-electron chi connectivity index (χ2n) is 3.17. The van der Waals surface area contributed by atoms with Crippen LogP contribution in [0.25, 0.3) is 0 Å².